The van der Waals surface area contributed by atoms with Crippen LogP contribution in [0.15, 0.2) is 23.4 Å². The Morgan fingerprint density at radius 3 is 3.18 bits per heavy atom. The van der Waals surface area contributed by atoms with Gasteiger partial charge in [-0.1, -0.05) is 12.2 Å². The van der Waals surface area contributed by atoms with E-state index in [-0.39, 0.29) is 0 Å². The van der Waals surface area contributed by atoms with Gasteiger partial charge in [0.15, 0.2) is 0 Å². The molecular formula is C10H13N. The van der Waals surface area contributed by atoms with Gasteiger partial charge in [-0.15, -0.1) is 0 Å². The summed E-state index contributed by atoms with van der Waals surface area (Å²) in [4.78, 5) is 0. The van der Waals surface area contributed by atoms with Gasteiger partial charge in [-0.3, -0.25) is 0 Å². The molecule has 1 saturated carbocycles. The van der Waals surface area contributed by atoms with Crippen molar-refractivity contribution in [2.24, 2.45) is 11.8 Å². The number of hydrogen-bond donors (Lipinski definition) is 1. The van der Waals surface area contributed by atoms with Crippen LogP contribution in [0.1, 0.15) is 19.3 Å². The topological polar surface area (TPSA) is 12.0 Å². The zero-order valence-corrected chi connectivity index (χ0v) is 6.64. The average Bonchev–Trinajstić information content (AvgIpc) is 2.83. The number of hydrogen-bond acceptors (Lipinski definition) is 1. The van der Waals surface area contributed by atoms with Crippen molar-refractivity contribution in [3.63, 3.8) is 0 Å². The molecule has 1 heterocycles. The molecule has 1 aliphatic heterocycles. The number of rotatable bonds is 0. The second-order valence-corrected chi connectivity index (χ2v) is 3.84. The molecule has 1 N–H and O–H groups in total. The molecule has 1 nitrogen and oxygen atoms in total. The van der Waals surface area contributed by atoms with Crippen LogP contribution in [0.2, 0.25) is 0 Å². The lowest BCUT2D eigenvalue weighted by molar-refractivity contribution is 0.625. The second kappa shape index (κ2) is 1.90. The molecule has 1 saturated heterocycles. The molecule has 2 atom stereocenters. The van der Waals surface area contributed by atoms with Gasteiger partial charge in [0.25, 0.3) is 0 Å². The molecular weight excluding hydrogens is 134 g/mol. The molecule has 2 aliphatic carbocycles. The van der Waals surface area contributed by atoms with E-state index in [4.69, 9.17) is 0 Å². The number of nitrogens with one attached hydrogen (secondary N) is 1. The maximum absolute atomic E-state index is 3.51. The lowest BCUT2D eigenvalue weighted by atomic mass is 9.95. The first-order chi connectivity index (χ1) is 5.45. The molecule has 1 heteroatoms. The van der Waals surface area contributed by atoms with Crippen LogP contribution in [-0.4, -0.2) is 6.54 Å². The summed E-state index contributed by atoms with van der Waals surface area (Å²) in [6.07, 6.45) is 8.75. The molecule has 0 aromatic heterocycles. The predicted molar refractivity (Wildman–Crippen MR) is 45.0 cm³/mol. The molecule has 58 valence electrons. The summed E-state index contributed by atoms with van der Waals surface area (Å²) in [7, 11) is 0. The van der Waals surface area contributed by atoms with E-state index in [9.17, 15) is 0 Å². The lowest BCUT2D eigenvalue weighted by Crippen LogP contribution is -2.25. The van der Waals surface area contributed by atoms with Crippen molar-refractivity contribution in [3.8, 4) is 0 Å². The molecule has 0 radical (unpaired) electrons. The Hall–Kier alpha value is -0.720. The van der Waals surface area contributed by atoms with Gasteiger partial charge in [-0.2, -0.15) is 0 Å². The van der Waals surface area contributed by atoms with Gasteiger partial charge in [0.2, 0.25) is 0 Å². The summed E-state index contributed by atoms with van der Waals surface area (Å²) in [5.74, 6) is 1.93. The number of allylic oxidation sites excluding steroid dienone is 3. The highest BCUT2D eigenvalue weighted by atomic mass is 14.9. The van der Waals surface area contributed by atoms with E-state index < -0.39 is 0 Å². The van der Waals surface area contributed by atoms with E-state index in [0.717, 1.165) is 11.8 Å². The van der Waals surface area contributed by atoms with Crippen LogP contribution < -0.4 is 5.32 Å². The highest BCUT2D eigenvalue weighted by Crippen LogP contribution is 2.49. The Morgan fingerprint density at radius 1 is 1.27 bits per heavy atom. The first-order valence-electron chi connectivity index (χ1n) is 4.59. The largest absolute Gasteiger partial charge is 0.385 e. The van der Waals surface area contributed by atoms with Crippen LogP contribution in [0.4, 0.5) is 0 Å². The highest BCUT2D eigenvalue weighted by Gasteiger charge is 2.43. The summed E-state index contributed by atoms with van der Waals surface area (Å²) in [6, 6.07) is 0. The molecule has 3 rings (SSSR count). The molecule has 11 heavy (non-hydrogen) atoms. The third-order valence-electron chi connectivity index (χ3n) is 3.07. The van der Waals surface area contributed by atoms with Gasteiger partial charge in [-0.05, 0) is 36.7 Å². The average molecular weight is 147 g/mol. The van der Waals surface area contributed by atoms with Gasteiger partial charge >= 0.3 is 0 Å². The normalized spacial score (nSPS) is 39.3. The van der Waals surface area contributed by atoms with E-state index in [1.165, 1.54) is 31.5 Å². The van der Waals surface area contributed by atoms with Crippen LogP contribution >= 0.6 is 0 Å². The molecule has 0 bridgehead atoms. The van der Waals surface area contributed by atoms with Crippen LogP contribution in [0.5, 0.6) is 0 Å². The zero-order chi connectivity index (χ0) is 7.26. The fourth-order valence-corrected chi connectivity index (χ4v) is 2.31. The first-order valence-corrected chi connectivity index (χ1v) is 4.59. The fraction of sp³-hybridized carbons (Fsp3) is 0.600. The molecule has 0 amide bonds. The smallest absolute Gasteiger partial charge is 0.0332 e. The van der Waals surface area contributed by atoms with Crippen molar-refractivity contribution in [1.29, 1.82) is 0 Å². The van der Waals surface area contributed by atoms with Crippen molar-refractivity contribution < 1.29 is 0 Å². The van der Waals surface area contributed by atoms with Gasteiger partial charge < -0.3 is 5.32 Å². The van der Waals surface area contributed by atoms with E-state index in [1.54, 1.807) is 5.57 Å². The van der Waals surface area contributed by atoms with Crippen molar-refractivity contribution in [2.45, 2.75) is 19.3 Å². The quantitative estimate of drug-likeness (QED) is 0.551. The van der Waals surface area contributed by atoms with Crippen molar-refractivity contribution in [1.82, 2.24) is 5.32 Å². The fourth-order valence-electron chi connectivity index (χ4n) is 2.31. The van der Waals surface area contributed by atoms with E-state index in [0.29, 0.717) is 0 Å². The maximum atomic E-state index is 3.51. The SMILES string of the molecule is C1=C2NCC3CC3C2=CCC1. The van der Waals surface area contributed by atoms with E-state index in [1.807, 2.05) is 0 Å². The first kappa shape index (κ1) is 5.87. The minimum absolute atomic E-state index is 0.947. The Morgan fingerprint density at radius 2 is 2.18 bits per heavy atom. The third kappa shape index (κ3) is 0.770. The Kier molecular flexibility index (Phi) is 1.02. The highest BCUT2D eigenvalue weighted by molar-refractivity contribution is 5.40. The molecule has 0 spiro atoms. The maximum Gasteiger partial charge on any atom is 0.0332 e. The van der Waals surface area contributed by atoms with Gasteiger partial charge in [0, 0.05) is 12.2 Å². The van der Waals surface area contributed by atoms with Crippen LogP contribution in [-0.2, 0) is 0 Å². The Bertz CT molecular complexity index is 250. The minimum atomic E-state index is 0.947. The van der Waals surface area contributed by atoms with E-state index >= 15 is 0 Å². The van der Waals surface area contributed by atoms with Crippen molar-refractivity contribution in [2.75, 3.05) is 6.54 Å². The Balaban J connectivity index is 1.98. The summed E-state index contributed by atoms with van der Waals surface area (Å²) < 4.78 is 0. The van der Waals surface area contributed by atoms with Crippen LogP contribution in [0.25, 0.3) is 0 Å². The summed E-state index contributed by atoms with van der Waals surface area (Å²) >= 11 is 0. The minimum Gasteiger partial charge on any atom is -0.385 e. The third-order valence-corrected chi connectivity index (χ3v) is 3.07. The second-order valence-electron chi connectivity index (χ2n) is 3.84. The standard InChI is InChI=1S/C10H13N/c1-2-4-10-8(3-1)9-5-7(9)6-11-10/h3-4,7,9,11H,1-2,5-6H2. The molecule has 2 fully saturated rings. The van der Waals surface area contributed by atoms with Gasteiger partial charge in [0.1, 0.15) is 0 Å². The predicted octanol–water partition coefficient (Wildman–Crippen LogP) is 1.83. The Labute approximate surface area is 67.2 Å². The van der Waals surface area contributed by atoms with Crippen LogP contribution in [0, 0.1) is 11.8 Å². The van der Waals surface area contributed by atoms with Crippen LogP contribution in [0.3, 0.4) is 0 Å². The van der Waals surface area contributed by atoms with Gasteiger partial charge in [0.05, 0.1) is 0 Å². The lowest BCUT2D eigenvalue weighted by Gasteiger charge is -2.22. The summed E-state index contributed by atoms with van der Waals surface area (Å²) in [5, 5.41) is 3.51. The number of piperidine rings is 1. The zero-order valence-electron chi connectivity index (χ0n) is 6.64. The van der Waals surface area contributed by atoms with Crippen molar-refractivity contribution >= 4 is 0 Å². The monoisotopic (exact) mass is 147 g/mol. The van der Waals surface area contributed by atoms with Gasteiger partial charge in [-0.25, -0.2) is 0 Å². The molecule has 2 unspecified atom stereocenters. The van der Waals surface area contributed by atoms with E-state index in [2.05, 4.69) is 17.5 Å². The number of fused-ring (bicyclic) bond motifs is 3. The summed E-state index contributed by atoms with van der Waals surface area (Å²) in [6.45, 7) is 1.23. The summed E-state index contributed by atoms with van der Waals surface area (Å²) in [5.41, 5.74) is 3.09. The molecule has 0 aromatic rings. The molecule has 3 aliphatic rings. The molecule has 0 aromatic carbocycles. The van der Waals surface area contributed by atoms with Crippen molar-refractivity contribution in [3.05, 3.63) is 23.4 Å².